The van der Waals surface area contributed by atoms with Crippen LogP contribution in [-0.2, 0) is 6.54 Å². The molecule has 2 heterocycles. The van der Waals surface area contributed by atoms with Gasteiger partial charge in [-0.15, -0.1) is 10.2 Å². The molecule has 0 amide bonds. The fraction of sp³-hybridized carbons (Fsp3) is 0.259. The van der Waals surface area contributed by atoms with Crippen molar-refractivity contribution in [3.63, 3.8) is 0 Å². The number of aromatic nitrogens is 5. The molecule has 0 unspecified atom stereocenters. The molecule has 7 nitrogen and oxygen atoms in total. The topological polar surface area (TPSA) is 83.7 Å². The molecule has 6 rings (SSSR count). The van der Waals surface area contributed by atoms with Gasteiger partial charge in [-0.1, -0.05) is 73.5 Å². The molecule has 1 aliphatic carbocycles. The maximum atomic E-state index is 6.15. The molecule has 3 aromatic carbocycles. The Labute approximate surface area is 197 Å². The molecule has 5 aromatic rings. The molecular weight excluding hydrogens is 424 g/mol. The number of fused-ring (bicyclic) bond motifs is 1. The summed E-state index contributed by atoms with van der Waals surface area (Å²) in [6, 6.07) is 25.5. The van der Waals surface area contributed by atoms with Gasteiger partial charge in [-0.25, -0.2) is 0 Å². The van der Waals surface area contributed by atoms with E-state index >= 15 is 0 Å². The Morgan fingerprint density at radius 1 is 0.882 bits per heavy atom. The van der Waals surface area contributed by atoms with Gasteiger partial charge in [0.2, 0.25) is 5.82 Å². The molecule has 2 aromatic heterocycles. The van der Waals surface area contributed by atoms with Crippen LogP contribution < -0.4 is 4.90 Å². The lowest BCUT2D eigenvalue weighted by atomic mass is 9.98. The van der Waals surface area contributed by atoms with Crippen LogP contribution in [-0.4, -0.2) is 32.2 Å². The average Bonchev–Trinajstić information content (AvgIpc) is 3.66. The van der Waals surface area contributed by atoms with Crippen molar-refractivity contribution in [1.29, 1.82) is 0 Å². The quantitative estimate of drug-likeness (QED) is 0.334. The largest absolute Gasteiger partial charge is 0.423 e. The fourth-order valence-electron chi connectivity index (χ4n) is 4.93. The zero-order valence-electron chi connectivity index (χ0n) is 18.9. The SMILES string of the molecule is c1ccc(-c2nn[nH]n2)c(-c2ccc(CN(CC3CCCC3)c3nc4ccccc4o3)cc2)c1. The molecule has 170 valence electrons. The summed E-state index contributed by atoms with van der Waals surface area (Å²) >= 11 is 0. The van der Waals surface area contributed by atoms with Crippen molar-refractivity contribution in [1.82, 2.24) is 25.6 Å². The Morgan fingerprint density at radius 2 is 1.65 bits per heavy atom. The maximum absolute atomic E-state index is 6.15. The summed E-state index contributed by atoms with van der Waals surface area (Å²) < 4.78 is 6.15. The predicted octanol–water partition coefficient (Wildman–Crippen LogP) is 5.87. The molecule has 0 saturated heterocycles. The highest BCUT2D eigenvalue weighted by Gasteiger charge is 2.22. The molecule has 0 radical (unpaired) electrons. The van der Waals surface area contributed by atoms with Crippen molar-refractivity contribution >= 4 is 17.1 Å². The Balaban J connectivity index is 1.28. The second-order valence-electron chi connectivity index (χ2n) is 8.97. The minimum absolute atomic E-state index is 0.596. The van der Waals surface area contributed by atoms with Crippen molar-refractivity contribution in [2.24, 2.45) is 5.92 Å². The summed E-state index contributed by atoms with van der Waals surface area (Å²) in [7, 11) is 0. The summed E-state index contributed by atoms with van der Waals surface area (Å²) in [5.74, 6) is 1.29. The molecule has 1 saturated carbocycles. The van der Waals surface area contributed by atoms with Crippen LogP contribution in [0.15, 0.2) is 77.2 Å². The number of hydrogen-bond acceptors (Lipinski definition) is 6. The van der Waals surface area contributed by atoms with E-state index < -0.39 is 0 Å². The first kappa shape index (κ1) is 20.6. The minimum atomic E-state index is 0.596. The highest BCUT2D eigenvalue weighted by Crippen LogP contribution is 2.32. The van der Waals surface area contributed by atoms with Crippen LogP contribution in [0.4, 0.5) is 6.01 Å². The predicted molar refractivity (Wildman–Crippen MR) is 132 cm³/mol. The molecule has 7 heteroatoms. The standard InChI is InChI=1S/C27H26N6O/c1-2-8-19(7-1)17-33(27-28-24-11-5-6-12-25(24)34-27)18-20-13-15-21(16-14-20)22-9-3-4-10-23(22)26-29-31-32-30-26/h3-6,9-16,19H,1-2,7-8,17-18H2,(H,29,30,31,32). The maximum Gasteiger partial charge on any atom is 0.298 e. The van der Waals surface area contributed by atoms with E-state index in [0.29, 0.717) is 17.8 Å². The van der Waals surface area contributed by atoms with Crippen molar-refractivity contribution in [3.05, 3.63) is 78.4 Å². The number of tetrazole rings is 1. The van der Waals surface area contributed by atoms with E-state index in [1.165, 1.54) is 31.2 Å². The summed E-state index contributed by atoms with van der Waals surface area (Å²) in [5.41, 5.74) is 6.12. The Kier molecular flexibility index (Phi) is 5.51. The average molecular weight is 451 g/mol. The molecule has 0 bridgehead atoms. The van der Waals surface area contributed by atoms with Gasteiger partial charge in [-0.05, 0) is 52.8 Å². The molecule has 0 spiro atoms. The number of para-hydroxylation sites is 2. The monoisotopic (exact) mass is 450 g/mol. The fourth-order valence-corrected chi connectivity index (χ4v) is 4.93. The van der Waals surface area contributed by atoms with Crippen molar-refractivity contribution in [2.45, 2.75) is 32.2 Å². The number of H-pyrrole nitrogens is 1. The third-order valence-corrected chi connectivity index (χ3v) is 6.66. The molecule has 1 N–H and O–H groups in total. The second kappa shape index (κ2) is 9.09. The van der Waals surface area contributed by atoms with Crippen LogP contribution in [0.25, 0.3) is 33.6 Å². The van der Waals surface area contributed by atoms with Crippen molar-refractivity contribution < 1.29 is 4.42 Å². The summed E-state index contributed by atoms with van der Waals surface area (Å²) in [6.45, 7) is 1.73. The van der Waals surface area contributed by atoms with E-state index in [4.69, 9.17) is 9.40 Å². The van der Waals surface area contributed by atoms with Crippen LogP contribution in [0, 0.1) is 5.92 Å². The summed E-state index contributed by atoms with van der Waals surface area (Å²) in [4.78, 5) is 7.10. The van der Waals surface area contributed by atoms with Gasteiger partial charge >= 0.3 is 0 Å². The van der Waals surface area contributed by atoms with Gasteiger partial charge in [-0.3, -0.25) is 0 Å². The minimum Gasteiger partial charge on any atom is -0.423 e. The van der Waals surface area contributed by atoms with Crippen molar-refractivity contribution in [3.8, 4) is 22.5 Å². The molecule has 1 aliphatic rings. The van der Waals surface area contributed by atoms with E-state index in [9.17, 15) is 0 Å². The van der Waals surface area contributed by atoms with Crippen molar-refractivity contribution in [2.75, 3.05) is 11.4 Å². The van der Waals surface area contributed by atoms with Gasteiger partial charge in [0.15, 0.2) is 5.58 Å². The third-order valence-electron chi connectivity index (χ3n) is 6.66. The van der Waals surface area contributed by atoms with E-state index in [1.54, 1.807) is 0 Å². The zero-order valence-corrected chi connectivity index (χ0v) is 18.9. The van der Waals surface area contributed by atoms with Gasteiger partial charge in [-0.2, -0.15) is 10.2 Å². The Morgan fingerprint density at radius 3 is 2.41 bits per heavy atom. The Hall–Kier alpha value is -4.00. The first-order valence-electron chi connectivity index (χ1n) is 11.9. The number of benzene rings is 3. The second-order valence-corrected chi connectivity index (χ2v) is 8.97. The normalized spacial score (nSPS) is 14.1. The third kappa shape index (κ3) is 4.17. The number of rotatable bonds is 7. The number of oxazole rings is 1. The van der Waals surface area contributed by atoms with Gasteiger partial charge in [0.1, 0.15) is 5.52 Å². The Bertz CT molecular complexity index is 1340. The molecule has 0 aliphatic heterocycles. The molecular formula is C27H26N6O. The number of nitrogens with one attached hydrogen (secondary N) is 1. The molecule has 1 fully saturated rings. The zero-order chi connectivity index (χ0) is 22.7. The van der Waals surface area contributed by atoms with Crippen LogP contribution in [0.5, 0.6) is 0 Å². The van der Waals surface area contributed by atoms with Crippen LogP contribution in [0.3, 0.4) is 0 Å². The van der Waals surface area contributed by atoms with Gasteiger partial charge in [0.05, 0.1) is 0 Å². The first-order valence-corrected chi connectivity index (χ1v) is 11.9. The number of hydrogen-bond donors (Lipinski definition) is 1. The lowest BCUT2D eigenvalue weighted by molar-refractivity contribution is 0.489. The smallest absolute Gasteiger partial charge is 0.298 e. The van der Waals surface area contributed by atoms with Crippen LogP contribution in [0.1, 0.15) is 31.2 Å². The highest BCUT2D eigenvalue weighted by atomic mass is 16.4. The number of anilines is 1. The number of nitrogens with zero attached hydrogens (tertiary/aromatic N) is 5. The lowest BCUT2D eigenvalue weighted by Crippen LogP contribution is -2.28. The summed E-state index contributed by atoms with van der Waals surface area (Å²) in [5, 5.41) is 14.6. The first-order chi connectivity index (χ1) is 16.8. The molecule has 0 atom stereocenters. The van der Waals surface area contributed by atoms with E-state index in [-0.39, 0.29) is 0 Å². The summed E-state index contributed by atoms with van der Waals surface area (Å²) in [6.07, 6.45) is 5.20. The van der Waals surface area contributed by atoms with Gasteiger partial charge in [0, 0.05) is 18.7 Å². The van der Waals surface area contributed by atoms with Gasteiger partial charge in [0.25, 0.3) is 6.01 Å². The van der Waals surface area contributed by atoms with Gasteiger partial charge < -0.3 is 9.32 Å². The van der Waals surface area contributed by atoms with Crippen LogP contribution in [0.2, 0.25) is 0 Å². The highest BCUT2D eigenvalue weighted by molar-refractivity contribution is 5.80. The number of aromatic amines is 1. The van der Waals surface area contributed by atoms with E-state index in [1.807, 2.05) is 42.5 Å². The molecule has 34 heavy (non-hydrogen) atoms. The van der Waals surface area contributed by atoms with Crippen LogP contribution >= 0.6 is 0 Å². The van der Waals surface area contributed by atoms with E-state index in [2.05, 4.69) is 55.9 Å². The lowest BCUT2D eigenvalue weighted by Gasteiger charge is -2.24. The van der Waals surface area contributed by atoms with E-state index in [0.717, 1.165) is 40.9 Å².